The van der Waals surface area contributed by atoms with Crippen molar-refractivity contribution in [1.29, 1.82) is 0 Å². The van der Waals surface area contributed by atoms with E-state index in [1.165, 1.54) is 11.1 Å². The molecule has 0 atom stereocenters. The molecule has 3 aromatic heterocycles. The van der Waals surface area contributed by atoms with Crippen LogP contribution in [0, 0.1) is 13.8 Å². The summed E-state index contributed by atoms with van der Waals surface area (Å²) < 4.78 is 3.78. The molecule has 0 spiro atoms. The van der Waals surface area contributed by atoms with Crippen LogP contribution in [0.4, 0.5) is 0 Å². The minimum atomic E-state index is 0.0536. The molecule has 0 unspecified atom stereocenters. The smallest absolute Gasteiger partial charge is 0.220 e. The van der Waals surface area contributed by atoms with Crippen LogP contribution in [0.3, 0.4) is 0 Å². The molecule has 3 heterocycles. The molecule has 29 heavy (non-hydrogen) atoms. The molecule has 150 valence electrons. The van der Waals surface area contributed by atoms with Gasteiger partial charge in [-0.05, 0) is 38.0 Å². The van der Waals surface area contributed by atoms with E-state index in [4.69, 9.17) is 5.10 Å². The quantitative estimate of drug-likeness (QED) is 0.490. The molecule has 0 radical (unpaired) electrons. The van der Waals surface area contributed by atoms with Gasteiger partial charge in [0.05, 0.1) is 5.69 Å². The van der Waals surface area contributed by atoms with E-state index in [9.17, 15) is 4.79 Å². The van der Waals surface area contributed by atoms with Gasteiger partial charge in [-0.1, -0.05) is 31.0 Å². The van der Waals surface area contributed by atoms with E-state index in [0.717, 1.165) is 47.6 Å². The summed E-state index contributed by atoms with van der Waals surface area (Å²) in [7, 11) is 0. The first-order chi connectivity index (χ1) is 14.1. The Kier molecular flexibility index (Phi) is 5.29. The molecule has 0 aliphatic heterocycles. The first-order valence-corrected chi connectivity index (χ1v) is 10.1. The number of aryl methyl sites for hydroxylation is 3. The van der Waals surface area contributed by atoms with Gasteiger partial charge in [0, 0.05) is 37.3 Å². The standard InChI is InChI=1S/C22H26N6O/c1-4-5-10-23-21(29)9-8-20-24-25-22-19-14-18(26-28(19)12-11-27(20)22)17-13-15(2)6-7-16(17)3/h6-7,11-14H,4-5,8-10H2,1-3H3,(H,23,29). The number of carbonyl (C=O) groups excluding carboxylic acids is 1. The monoisotopic (exact) mass is 390 g/mol. The van der Waals surface area contributed by atoms with Crippen molar-refractivity contribution < 1.29 is 4.79 Å². The highest BCUT2D eigenvalue weighted by molar-refractivity contribution is 5.78. The van der Waals surface area contributed by atoms with Gasteiger partial charge in [-0.3, -0.25) is 9.20 Å². The Balaban J connectivity index is 1.61. The fourth-order valence-corrected chi connectivity index (χ4v) is 3.49. The molecule has 0 aliphatic carbocycles. The highest BCUT2D eigenvalue weighted by Gasteiger charge is 2.14. The number of hydrogen-bond acceptors (Lipinski definition) is 4. The number of amides is 1. The zero-order valence-electron chi connectivity index (χ0n) is 17.1. The molecule has 0 bridgehead atoms. The van der Waals surface area contributed by atoms with E-state index < -0.39 is 0 Å². The van der Waals surface area contributed by atoms with Crippen LogP contribution in [-0.4, -0.2) is 36.7 Å². The maximum atomic E-state index is 12.0. The highest BCUT2D eigenvalue weighted by Crippen LogP contribution is 2.26. The topological polar surface area (TPSA) is 76.6 Å². The van der Waals surface area contributed by atoms with Crippen molar-refractivity contribution in [3.05, 3.63) is 53.6 Å². The van der Waals surface area contributed by atoms with Crippen LogP contribution in [-0.2, 0) is 11.2 Å². The van der Waals surface area contributed by atoms with E-state index in [1.807, 2.05) is 27.4 Å². The van der Waals surface area contributed by atoms with Crippen molar-refractivity contribution in [2.45, 2.75) is 46.5 Å². The molecule has 1 aromatic carbocycles. The minimum absolute atomic E-state index is 0.0536. The average molecular weight is 390 g/mol. The van der Waals surface area contributed by atoms with Gasteiger partial charge >= 0.3 is 0 Å². The third kappa shape index (κ3) is 3.85. The molecule has 0 saturated heterocycles. The summed E-state index contributed by atoms with van der Waals surface area (Å²) in [6.07, 6.45) is 6.84. The van der Waals surface area contributed by atoms with Crippen molar-refractivity contribution >= 4 is 17.1 Å². The van der Waals surface area contributed by atoms with Crippen LogP contribution in [0.25, 0.3) is 22.4 Å². The first-order valence-electron chi connectivity index (χ1n) is 10.1. The predicted octanol–water partition coefficient (Wildman–Crippen LogP) is 3.51. The molecule has 1 amide bonds. The highest BCUT2D eigenvalue weighted by atomic mass is 16.1. The summed E-state index contributed by atoms with van der Waals surface area (Å²) >= 11 is 0. The number of benzene rings is 1. The average Bonchev–Trinajstić information content (AvgIpc) is 3.32. The van der Waals surface area contributed by atoms with Crippen molar-refractivity contribution in [2.24, 2.45) is 0 Å². The minimum Gasteiger partial charge on any atom is -0.356 e. The summed E-state index contributed by atoms with van der Waals surface area (Å²) in [5, 5.41) is 16.4. The van der Waals surface area contributed by atoms with Crippen LogP contribution in [0.5, 0.6) is 0 Å². The lowest BCUT2D eigenvalue weighted by molar-refractivity contribution is -0.121. The van der Waals surface area contributed by atoms with Crippen LogP contribution in [0.15, 0.2) is 36.7 Å². The molecule has 4 aromatic rings. The van der Waals surface area contributed by atoms with Crippen LogP contribution in [0.2, 0.25) is 0 Å². The Morgan fingerprint density at radius 2 is 2.00 bits per heavy atom. The maximum absolute atomic E-state index is 12.0. The second kappa shape index (κ2) is 8.03. The Hall–Kier alpha value is -3.22. The van der Waals surface area contributed by atoms with E-state index in [-0.39, 0.29) is 5.91 Å². The fraction of sp³-hybridized carbons (Fsp3) is 0.364. The van der Waals surface area contributed by atoms with E-state index in [0.29, 0.717) is 12.8 Å². The van der Waals surface area contributed by atoms with Gasteiger partial charge in [-0.2, -0.15) is 5.10 Å². The Morgan fingerprint density at radius 3 is 2.83 bits per heavy atom. The van der Waals surface area contributed by atoms with Crippen LogP contribution < -0.4 is 5.32 Å². The van der Waals surface area contributed by atoms with Gasteiger partial charge in [0.2, 0.25) is 5.91 Å². The number of unbranched alkanes of at least 4 members (excludes halogenated alkanes) is 1. The number of carbonyl (C=O) groups is 1. The van der Waals surface area contributed by atoms with Gasteiger partial charge in [-0.25, -0.2) is 4.52 Å². The van der Waals surface area contributed by atoms with Crippen molar-refractivity contribution in [2.75, 3.05) is 6.54 Å². The molecule has 0 aliphatic rings. The second-order valence-electron chi connectivity index (χ2n) is 7.49. The number of nitrogens with one attached hydrogen (secondary N) is 1. The molecule has 4 rings (SSSR count). The SMILES string of the molecule is CCCCNC(=O)CCc1nnc2c3cc(-c4cc(C)ccc4C)nn3ccn12. The molecular formula is C22H26N6O. The number of hydrogen-bond donors (Lipinski definition) is 1. The lowest BCUT2D eigenvalue weighted by Crippen LogP contribution is -2.24. The largest absolute Gasteiger partial charge is 0.356 e. The molecule has 1 N–H and O–H groups in total. The first kappa shape index (κ1) is 19.1. The van der Waals surface area contributed by atoms with Gasteiger partial charge in [0.1, 0.15) is 11.3 Å². The molecule has 7 nitrogen and oxygen atoms in total. The molecule has 0 fully saturated rings. The lowest BCUT2D eigenvalue weighted by atomic mass is 10.0. The lowest BCUT2D eigenvalue weighted by Gasteiger charge is -2.03. The summed E-state index contributed by atoms with van der Waals surface area (Å²) in [5.74, 6) is 0.834. The predicted molar refractivity (Wildman–Crippen MR) is 113 cm³/mol. The van der Waals surface area contributed by atoms with Crippen molar-refractivity contribution in [3.63, 3.8) is 0 Å². The van der Waals surface area contributed by atoms with Gasteiger partial charge in [0.25, 0.3) is 0 Å². The Morgan fingerprint density at radius 1 is 1.14 bits per heavy atom. The Labute approximate surface area is 169 Å². The van der Waals surface area contributed by atoms with Gasteiger partial charge in [0.15, 0.2) is 5.65 Å². The number of fused-ring (bicyclic) bond motifs is 3. The number of nitrogens with zero attached hydrogens (tertiary/aromatic N) is 5. The third-order valence-corrected chi connectivity index (χ3v) is 5.19. The summed E-state index contributed by atoms with van der Waals surface area (Å²) in [6.45, 7) is 7.01. The zero-order valence-corrected chi connectivity index (χ0v) is 17.1. The number of aromatic nitrogens is 5. The summed E-state index contributed by atoms with van der Waals surface area (Å²) in [6, 6.07) is 8.43. The third-order valence-electron chi connectivity index (χ3n) is 5.19. The summed E-state index contributed by atoms with van der Waals surface area (Å²) in [5.41, 5.74) is 6.07. The summed E-state index contributed by atoms with van der Waals surface area (Å²) in [4.78, 5) is 12.0. The van der Waals surface area contributed by atoms with Crippen LogP contribution in [0.1, 0.15) is 43.1 Å². The van der Waals surface area contributed by atoms with Crippen molar-refractivity contribution in [1.82, 2.24) is 29.5 Å². The number of rotatable bonds is 7. The maximum Gasteiger partial charge on any atom is 0.220 e. The normalized spacial score (nSPS) is 11.4. The molecular weight excluding hydrogens is 364 g/mol. The fourth-order valence-electron chi connectivity index (χ4n) is 3.49. The van der Waals surface area contributed by atoms with Gasteiger partial charge in [-0.15, -0.1) is 10.2 Å². The second-order valence-corrected chi connectivity index (χ2v) is 7.49. The zero-order chi connectivity index (χ0) is 20.4. The van der Waals surface area contributed by atoms with Gasteiger partial charge < -0.3 is 5.32 Å². The van der Waals surface area contributed by atoms with E-state index in [2.05, 4.69) is 54.5 Å². The van der Waals surface area contributed by atoms with E-state index in [1.54, 1.807) is 0 Å². The Bertz CT molecular complexity index is 1170. The molecule has 7 heteroatoms. The van der Waals surface area contributed by atoms with Crippen LogP contribution >= 0.6 is 0 Å². The van der Waals surface area contributed by atoms with E-state index >= 15 is 0 Å². The van der Waals surface area contributed by atoms with Crippen molar-refractivity contribution in [3.8, 4) is 11.3 Å². The molecule has 0 saturated carbocycles.